The van der Waals surface area contributed by atoms with Crippen molar-refractivity contribution in [2.24, 2.45) is 0 Å². The summed E-state index contributed by atoms with van der Waals surface area (Å²) in [6.45, 7) is 3.06. The lowest BCUT2D eigenvalue weighted by Gasteiger charge is -2.11. The second kappa shape index (κ2) is 5.88. The lowest BCUT2D eigenvalue weighted by Crippen LogP contribution is -2.42. The lowest BCUT2D eigenvalue weighted by atomic mass is 10.2. The highest BCUT2D eigenvalue weighted by Gasteiger charge is 2.17. The van der Waals surface area contributed by atoms with E-state index in [0.717, 1.165) is 0 Å². The molecule has 1 heterocycles. The van der Waals surface area contributed by atoms with E-state index in [-0.39, 0.29) is 12.5 Å². The van der Waals surface area contributed by atoms with E-state index in [0.29, 0.717) is 12.2 Å². The summed E-state index contributed by atoms with van der Waals surface area (Å²) >= 11 is 0. The number of aryl methyl sites for hydroxylation is 1. The van der Waals surface area contributed by atoms with Crippen LogP contribution in [0.15, 0.2) is 10.6 Å². The van der Waals surface area contributed by atoms with Crippen molar-refractivity contribution in [2.75, 3.05) is 6.61 Å². The fourth-order valence-electron chi connectivity index (χ4n) is 1.13. The lowest BCUT2D eigenvalue weighted by molar-refractivity contribution is -0.142. The molecule has 0 aliphatic carbocycles. The third-order valence-electron chi connectivity index (χ3n) is 2.00. The Morgan fingerprint density at radius 3 is 2.82 bits per heavy atom. The molecule has 0 spiro atoms. The summed E-state index contributed by atoms with van der Waals surface area (Å²) in [7, 11) is 0. The molecule has 0 unspecified atom stereocenters. The fraction of sp³-hybridized carbons (Fsp3) is 0.500. The zero-order valence-electron chi connectivity index (χ0n) is 9.60. The van der Waals surface area contributed by atoms with Crippen LogP contribution in [0, 0.1) is 6.92 Å². The Labute approximate surface area is 97.7 Å². The number of carboxylic acid groups (broad SMARTS) is 1. The quantitative estimate of drug-likeness (QED) is 0.745. The molecule has 17 heavy (non-hydrogen) atoms. The first kappa shape index (κ1) is 13.0. The smallest absolute Gasteiger partial charge is 0.326 e. The standard InChI is InChI=1S/C10H14N2O5/c1-3-7(10(14)15)11-8(13)5-16-9-4-6(2)17-12-9/h4,7H,3,5H2,1-2H3,(H,11,13)(H,14,15)/t7-/m1/s1. The van der Waals surface area contributed by atoms with Crippen LogP contribution < -0.4 is 10.1 Å². The van der Waals surface area contributed by atoms with Gasteiger partial charge in [-0.1, -0.05) is 6.92 Å². The van der Waals surface area contributed by atoms with Gasteiger partial charge in [-0.3, -0.25) is 4.79 Å². The largest absolute Gasteiger partial charge is 0.480 e. The second-order valence-electron chi connectivity index (χ2n) is 3.43. The number of rotatable bonds is 6. The third kappa shape index (κ3) is 4.13. The molecule has 0 aliphatic rings. The summed E-state index contributed by atoms with van der Waals surface area (Å²) in [5, 5.41) is 14.6. The van der Waals surface area contributed by atoms with Crippen LogP contribution in [0.5, 0.6) is 5.88 Å². The van der Waals surface area contributed by atoms with Crippen LogP contribution >= 0.6 is 0 Å². The van der Waals surface area contributed by atoms with Crippen LogP contribution in [0.2, 0.25) is 0 Å². The highest BCUT2D eigenvalue weighted by molar-refractivity contribution is 5.84. The zero-order chi connectivity index (χ0) is 12.8. The number of hydrogen-bond donors (Lipinski definition) is 2. The number of nitrogens with one attached hydrogen (secondary N) is 1. The van der Waals surface area contributed by atoms with Gasteiger partial charge in [-0.05, 0) is 18.5 Å². The molecule has 7 heteroatoms. The molecule has 1 atom stereocenters. The van der Waals surface area contributed by atoms with Gasteiger partial charge in [0.05, 0.1) is 0 Å². The van der Waals surface area contributed by atoms with E-state index in [9.17, 15) is 9.59 Å². The normalized spacial score (nSPS) is 11.9. The van der Waals surface area contributed by atoms with Crippen LogP contribution in [-0.2, 0) is 9.59 Å². The molecule has 2 N–H and O–H groups in total. The molecule has 0 aromatic carbocycles. The van der Waals surface area contributed by atoms with Crippen LogP contribution in [0.1, 0.15) is 19.1 Å². The summed E-state index contributed by atoms with van der Waals surface area (Å²) < 4.78 is 9.74. The fourth-order valence-corrected chi connectivity index (χ4v) is 1.13. The number of carbonyl (C=O) groups excluding carboxylic acids is 1. The Hall–Kier alpha value is -2.05. The SMILES string of the molecule is CC[C@@H](NC(=O)COc1cc(C)on1)C(=O)O. The molecule has 0 aliphatic heterocycles. The number of carbonyl (C=O) groups is 2. The molecular weight excluding hydrogens is 228 g/mol. The van der Waals surface area contributed by atoms with Gasteiger partial charge in [0.15, 0.2) is 6.61 Å². The molecule has 1 rings (SSSR count). The van der Waals surface area contributed by atoms with Gasteiger partial charge in [0.25, 0.3) is 11.8 Å². The molecule has 0 radical (unpaired) electrons. The first-order chi connectivity index (χ1) is 8.02. The Bertz CT molecular complexity index is 401. The highest BCUT2D eigenvalue weighted by Crippen LogP contribution is 2.09. The molecule has 1 aromatic heterocycles. The number of aliphatic carboxylic acids is 1. The molecule has 0 bridgehead atoms. The van der Waals surface area contributed by atoms with Gasteiger partial charge >= 0.3 is 5.97 Å². The van der Waals surface area contributed by atoms with Crippen molar-refractivity contribution in [1.82, 2.24) is 10.5 Å². The van der Waals surface area contributed by atoms with E-state index < -0.39 is 17.9 Å². The minimum Gasteiger partial charge on any atom is -0.480 e. The van der Waals surface area contributed by atoms with Gasteiger partial charge in [-0.2, -0.15) is 0 Å². The molecule has 1 aromatic rings. The Balaban J connectivity index is 2.37. The highest BCUT2D eigenvalue weighted by atomic mass is 16.5. The number of aromatic nitrogens is 1. The monoisotopic (exact) mass is 242 g/mol. The van der Waals surface area contributed by atoms with Crippen molar-refractivity contribution in [3.8, 4) is 5.88 Å². The average Bonchev–Trinajstić information content (AvgIpc) is 2.68. The van der Waals surface area contributed by atoms with Gasteiger partial charge in [0, 0.05) is 6.07 Å². The molecular formula is C10H14N2O5. The summed E-state index contributed by atoms with van der Waals surface area (Å²) in [5.74, 6) is -0.823. The summed E-state index contributed by atoms with van der Waals surface area (Å²) in [6.07, 6.45) is 0.310. The minimum atomic E-state index is -1.07. The van der Waals surface area contributed by atoms with E-state index in [1.807, 2.05) is 0 Å². The Kier molecular flexibility index (Phi) is 4.50. The number of carboxylic acids is 1. The van der Waals surface area contributed by atoms with E-state index in [1.54, 1.807) is 13.8 Å². The predicted molar refractivity (Wildman–Crippen MR) is 56.6 cm³/mol. The summed E-state index contributed by atoms with van der Waals surface area (Å²) in [4.78, 5) is 22.0. The molecule has 94 valence electrons. The molecule has 0 fully saturated rings. The maximum Gasteiger partial charge on any atom is 0.326 e. The maximum atomic E-state index is 11.3. The number of ether oxygens (including phenoxy) is 1. The van der Waals surface area contributed by atoms with Crippen molar-refractivity contribution in [2.45, 2.75) is 26.3 Å². The van der Waals surface area contributed by atoms with Crippen molar-refractivity contribution in [1.29, 1.82) is 0 Å². The molecule has 0 saturated carbocycles. The van der Waals surface area contributed by atoms with Crippen molar-refractivity contribution >= 4 is 11.9 Å². The minimum absolute atomic E-state index is 0.195. The van der Waals surface area contributed by atoms with Crippen molar-refractivity contribution in [3.05, 3.63) is 11.8 Å². The molecule has 0 saturated heterocycles. The van der Waals surface area contributed by atoms with Crippen LogP contribution in [-0.4, -0.2) is 34.8 Å². The van der Waals surface area contributed by atoms with E-state index in [1.165, 1.54) is 6.07 Å². The van der Waals surface area contributed by atoms with Crippen molar-refractivity contribution < 1.29 is 24.0 Å². The predicted octanol–water partition coefficient (Wildman–Crippen LogP) is 0.341. The number of nitrogens with zero attached hydrogens (tertiary/aromatic N) is 1. The van der Waals surface area contributed by atoms with Gasteiger partial charge in [0.1, 0.15) is 11.8 Å². The molecule has 7 nitrogen and oxygen atoms in total. The van der Waals surface area contributed by atoms with E-state index in [2.05, 4.69) is 10.5 Å². The van der Waals surface area contributed by atoms with Crippen LogP contribution in [0.25, 0.3) is 0 Å². The van der Waals surface area contributed by atoms with Crippen LogP contribution in [0.4, 0.5) is 0 Å². The van der Waals surface area contributed by atoms with E-state index in [4.69, 9.17) is 14.4 Å². The van der Waals surface area contributed by atoms with Gasteiger partial charge < -0.3 is 19.7 Å². The first-order valence-electron chi connectivity index (χ1n) is 5.11. The summed E-state index contributed by atoms with van der Waals surface area (Å²) in [6, 6.07) is 0.632. The van der Waals surface area contributed by atoms with Crippen LogP contribution in [0.3, 0.4) is 0 Å². The molecule has 1 amide bonds. The Morgan fingerprint density at radius 1 is 1.65 bits per heavy atom. The number of amides is 1. The zero-order valence-corrected chi connectivity index (χ0v) is 9.60. The average molecular weight is 242 g/mol. The number of hydrogen-bond acceptors (Lipinski definition) is 5. The maximum absolute atomic E-state index is 11.3. The van der Waals surface area contributed by atoms with Gasteiger partial charge in [-0.25, -0.2) is 4.79 Å². The van der Waals surface area contributed by atoms with Gasteiger partial charge in [0.2, 0.25) is 0 Å². The van der Waals surface area contributed by atoms with Crippen molar-refractivity contribution in [3.63, 3.8) is 0 Å². The second-order valence-corrected chi connectivity index (χ2v) is 3.43. The Morgan fingerprint density at radius 2 is 2.35 bits per heavy atom. The van der Waals surface area contributed by atoms with E-state index >= 15 is 0 Å². The van der Waals surface area contributed by atoms with Gasteiger partial charge in [-0.15, -0.1) is 0 Å². The third-order valence-corrected chi connectivity index (χ3v) is 2.00. The topological polar surface area (TPSA) is 102 Å². The first-order valence-corrected chi connectivity index (χ1v) is 5.11. The summed E-state index contributed by atoms with van der Waals surface area (Å²) in [5.41, 5.74) is 0.